The molecule has 20 heavy (non-hydrogen) atoms. The zero-order chi connectivity index (χ0) is 15.2. The van der Waals surface area contributed by atoms with Crippen molar-refractivity contribution in [2.24, 2.45) is 0 Å². The molecule has 0 saturated heterocycles. The Morgan fingerprint density at radius 1 is 1.15 bits per heavy atom. The van der Waals surface area contributed by atoms with Gasteiger partial charge in [-0.15, -0.1) is 0 Å². The van der Waals surface area contributed by atoms with Crippen molar-refractivity contribution in [2.45, 2.75) is 6.18 Å². The van der Waals surface area contributed by atoms with Crippen LogP contribution >= 0.6 is 0 Å². The van der Waals surface area contributed by atoms with E-state index in [0.717, 1.165) is 0 Å². The molecule has 0 fully saturated rings. The van der Waals surface area contributed by atoms with Crippen LogP contribution in [0.1, 0.15) is 10.4 Å². The molecule has 5 nitrogen and oxygen atoms in total. The third-order valence-corrected chi connectivity index (χ3v) is 2.22. The van der Waals surface area contributed by atoms with Crippen molar-refractivity contribution < 1.29 is 22.8 Å². The van der Waals surface area contributed by atoms with Gasteiger partial charge in [0.1, 0.15) is 6.54 Å². The highest BCUT2D eigenvalue weighted by Crippen LogP contribution is 2.13. The van der Waals surface area contributed by atoms with Gasteiger partial charge in [-0.1, -0.05) is 0 Å². The molecule has 3 N–H and O–H groups in total. The highest BCUT2D eigenvalue weighted by molar-refractivity contribution is 5.96. The van der Waals surface area contributed by atoms with Crippen LogP contribution in [0.25, 0.3) is 0 Å². The number of nitrogens with one attached hydrogen (secondary N) is 3. The summed E-state index contributed by atoms with van der Waals surface area (Å²) < 4.78 is 35.8. The van der Waals surface area contributed by atoms with E-state index in [0.29, 0.717) is 5.69 Å². The number of benzene rings is 1. The first-order chi connectivity index (χ1) is 9.31. The monoisotopic (exact) mass is 289 g/mol. The van der Waals surface area contributed by atoms with E-state index in [1.165, 1.54) is 24.3 Å². The average molecular weight is 289 g/mol. The average Bonchev–Trinajstić information content (AvgIpc) is 2.36. The number of anilines is 1. The van der Waals surface area contributed by atoms with Crippen LogP contribution in [0.2, 0.25) is 0 Å². The predicted octanol–water partition coefficient (Wildman–Crippen LogP) is 1.14. The van der Waals surface area contributed by atoms with Crippen molar-refractivity contribution in [3.8, 4) is 0 Å². The van der Waals surface area contributed by atoms with E-state index in [2.05, 4.69) is 10.6 Å². The molecule has 2 amide bonds. The lowest BCUT2D eigenvalue weighted by Crippen LogP contribution is -2.33. The Morgan fingerprint density at radius 2 is 1.75 bits per heavy atom. The van der Waals surface area contributed by atoms with Crippen LogP contribution in [0.4, 0.5) is 18.9 Å². The van der Waals surface area contributed by atoms with Crippen LogP contribution < -0.4 is 16.0 Å². The van der Waals surface area contributed by atoms with Crippen molar-refractivity contribution in [1.29, 1.82) is 0 Å². The van der Waals surface area contributed by atoms with Crippen LogP contribution in [0, 0.1) is 0 Å². The van der Waals surface area contributed by atoms with E-state index >= 15 is 0 Å². The topological polar surface area (TPSA) is 70.2 Å². The molecule has 1 aromatic rings. The number of alkyl halides is 3. The maximum absolute atomic E-state index is 11.9. The minimum absolute atomic E-state index is 0.0841. The van der Waals surface area contributed by atoms with Gasteiger partial charge in [-0.25, -0.2) is 0 Å². The van der Waals surface area contributed by atoms with Crippen molar-refractivity contribution >= 4 is 17.5 Å². The lowest BCUT2D eigenvalue weighted by Gasteiger charge is -2.09. The highest BCUT2D eigenvalue weighted by Gasteiger charge is 2.27. The minimum Gasteiger partial charge on any atom is -0.343 e. The highest BCUT2D eigenvalue weighted by atomic mass is 19.4. The van der Waals surface area contributed by atoms with E-state index in [1.807, 2.05) is 0 Å². The number of likely N-dealkylation sites (N-methyl/N-ethyl adjacent to an activating group) is 1. The summed E-state index contributed by atoms with van der Waals surface area (Å²) in [6.07, 6.45) is -4.45. The van der Waals surface area contributed by atoms with Crippen molar-refractivity contribution in [3.05, 3.63) is 29.8 Å². The third-order valence-electron chi connectivity index (χ3n) is 2.22. The normalized spacial score (nSPS) is 11.0. The quantitative estimate of drug-likeness (QED) is 0.761. The van der Waals surface area contributed by atoms with Gasteiger partial charge in [0.25, 0.3) is 5.91 Å². The summed E-state index contributed by atoms with van der Waals surface area (Å²) >= 11 is 0. The molecule has 0 unspecified atom stereocenters. The molecule has 1 rings (SSSR count). The van der Waals surface area contributed by atoms with Gasteiger partial charge in [0, 0.05) is 11.3 Å². The van der Waals surface area contributed by atoms with Gasteiger partial charge in [-0.05, 0) is 31.3 Å². The zero-order valence-electron chi connectivity index (χ0n) is 10.7. The number of amides is 2. The number of carbonyl (C=O) groups is 2. The van der Waals surface area contributed by atoms with Gasteiger partial charge in [0.15, 0.2) is 0 Å². The Morgan fingerprint density at radius 3 is 2.25 bits per heavy atom. The maximum atomic E-state index is 11.9. The number of hydrogen-bond donors (Lipinski definition) is 3. The van der Waals surface area contributed by atoms with Crippen LogP contribution in [-0.4, -0.2) is 38.1 Å². The standard InChI is InChI=1S/C12H14F3N3O2/c1-16-6-10(19)18-9-4-2-8(3-5-9)11(20)17-7-12(13,14)15/h2-5,16H,6-7H2,1H3,(H,17,20)(H,18,19). The van der Waals surface area contributed by atoms with Crippen molar-refractivity contribution in [1.82, 2.24) is 10.6 Å². The SMILES string of the molecule is CNCC(=O)Nc1ccc(C(=O)NCC(F)(F)F)cc1. The molecule has 0 heterocycles. The van der Waals surface area contributed by atoms with Crippen molar-refractivity contribution in [2.75, 3.05) is 25.5 Å². The van der Waals surface area contributed by atoms with Gasteiger partial charge in [0.2, 0.25) is 5.91 Å². The summed E-state index contributed by atoms with van der Waals surface area (Å²) in [6, 6.07) is 5.55. The smallest absolute Gasteiger partial charge is 0.343 e. The predicted molar refractivity (Wildman–Crippen MR) is 67.4 cm³/mol. The van der Waals surface area contributed by atoms with E-state index in [1.54, 1.807) is 12.4 Å². The molecular formula is C12H14F3N3O2. The lowest BCUT2D eigenvalue weighted by molar-refractivity contribution is -0.123. The fraction of sp³-hybridized carbons (Fsp3) is 0.333. The number of carbonyl (C=O) groups excluding carboxylic acids is 2. The summed E-state index contributed by atoms with van der Waals surface area (Å²) in [5.41, 5.74) is 0.540. The molecule has 1 aromatic carbocycles. The van der Waals surface area contributed by atoms with Gasteiger partial charge < -0.3 is 16.0 Å². The fourth-order valence-electron chi connectivity index (χ4n) is 1.35. The van der Waals surface area contributed by atoms with Gasteiger partial charge in [-0.3, -0.25) is 9.59 Å². The molecule has 8 heteroatoms. The van der Waals surface area contributed by atoms with E-state index in [9.17, 15) is 22.8 Å². The molecule has 0 aliphatic heterocycles. The first-order valence-electron chi connectivity index (χ1n) is 5.71. The molecule has 0 radical (unpaired) electrons. The largest absolute Gasteiger partial charge is 0.405 e. The van der Waals surface area contributed by atoms with Crippen LogP contribution in [-0.2, 0) is 4.79 Å². The number of hydrogen-bond acceptors (Lipinski definition) is 3. The molecule has 0 bridgehead atoms. The van der Waals surface area contributed by atoms with Crippen LogP contribution in [0.3, 0.4) is 0 Å². The van der Waals surface area contributed by atoms with Gasteiger partial charge in [-0.2, -0.15) is 13.2 Å². The zero-order valence-corrected chi connectivity index (χ0v) is 10.7. The second-order valence-electron chi connectivity index (χ2n) is 3.95. The van der Waals surface area contributed by atoms with Crippen LogP contribution in [0.15, 0.2) is 24.3 Å². The molecule has 0 spiro atoms. The number of rotatable bonds is 5. The molecule has 0 aliphatic rings. The maximum Gasteiger partial charge on any atom is 0.405 e. The summed E-state index contributed by atoms with van der Waals surface area (Å²) in [7, 11) is 1.62. The van der Waals surface area contributed by atoms with E-state index in [4.69, 9.17) is 0 Å². The Labute approximate surface area is 113 Å². The molecule has 0 atom stereocenters. The molecule has 0 saturated carbocycles. The first-order valence-corrected chi connectivity index (χ1v) is 5.71. The van der Waals surface area contributed by atoms with Crippen LogP contribution in [0.5, 0.6) is 0 Å². The van der Waals surface area contributed by atoms with Crippen molar-refractivity contribution in [3.63, 3.8) is 0 Å². The van der Waals surface area contributed by atoms with Gasteiger partial charge in [0.05, 0.1) is 6.54 Å². The van der Waals surface area contributed by atoms with E-state index < -0.39 is 18.6 Å². The second kappa shape index (κ2) is 6.90. The Balaban J connectivity index is 2.57. The summed E-state index contributed by atoms with van der Waals surface area (Å²) in [4.78, 5) is 22.7. The fourth-order valence-corrected chi connectivity index (χ4v) is 1.35. The minimum atomic E-state index is -4.45. The third kappa shape index (κ3) is 5.70. The number of halogens is 3. The van der Waals surface area contributed by atoms with Gasteiger partial charge >= 0.3 is 6.18 Å². The summed E-state index contributed by atoms with van der Waals surface area (Å²) in [5, 5.41) is 6.98. The summed E-state index contributed by atoms with van der Waals surface area (Å²) in [6.45, 7) is -1.25. The summed E-state index contributed by atoms with van der Waals surface area (Å²) in [5.74, 6) is -1.09. The Bertz CT molecular complexity index is 472. The lowest BCUT2D eigenvalue weighted by atomic mass is 10.2. The van der Waals surface area contributed by atoms with E-state index in [-0.39, 0.29) is 18.0 Å². The first kappa shape index (κ1) is 16.0. The molecule has 0 aliphatic carbocycles. The molecule has 0 aromatic heterocycles. The molecule has 110 valence electrons. The molecular weight excluding hydrogens is 275 g/mol. The Kier molecular flexibility index (Phi) is 5.51. The second-order valence-corrected chi connectivity index (χ2v) is 3.95. The Hall–Kier alpha value is -2.09.